The van der Waals surface area contributed by atoms with Crippen molar-refractivity contribution < 1.29 is 0 Å². The van der Waals surface area contributed by atoms with E-state index in [1.54, 1.807) is 0 Å². The number of hydrogen-bond acceptors (Lipinski definition) is 3. The van der Waals surface area contributed by atoms with Crippen LogP contribution in [-0.2, 0) is 19.5 Å². The SMILES string of the molecule is CCc1nn(CC)c(CN(C)c2ccc(N)cc2)c1Cl. The Bertz CT molecular complexity index is 574. The number of halogens is 1. The molecule has 0 saturated carbocycles. The van der Waals surface area contributed by atoms with Gasteiger partial charge in [0.15, 0.2) is 0 Å². The van der Waals surface area contributed by atoms with Crippen molar-refractivity contribution >= 4 is 23.0 Å². The van der Waals surface area contributed by atoms with Gasteiger partial charge in [0.05, 0.1) is 23.0 Å². The van der Waals surface area contributed by atoms with Crippen molar-refractivity contribution in [2.24, 2.45) is 0 Å². The Morgan fingerprint density at radius 3 is 2.45 bits per heavy atom. The maximum absolute atomic E-state index is 6.44. The second-order valence-corrected chi connectivity index (χ2v) is 5.20. The fraction of sp³-hybridized carbons (Fsp3) is 0.400. The molecule has 108 valence electrons. The van der Waals surface area contributed by atoms with E-state index in [1.807, 2.05) is 36.0 Å². The van der Waals surface area contributed by atoms with Crippen LogP contribution < -0.4 is 10.6 Å². The number of nitrogens with two attached hydrogens (primary N) is 1. The molecule has 0 fully saturated rings. The van der Waals surface area contributed by atoms with Gasteiger partial charge < -0.3 is 10.6 Å². The van der Waals surface area contributed by atoms with Gasteiger partial charge in [-0.25, -0.2) is 0 Å². The van der Waals surface area contributed by atoms with Crippen molar-refractivity contribution in [1.82, 2.24) is 9.78 Å². The lowest BCUT2D eigenvalue weighted by Crippen LogP contribution is -2.19. The van der Waals surface area contributed by atoms with Gasteiger partial charge in [0.25, 0.3) is 0 Å². The van der Waals surface area contributed by atoms with E-state index in [2.05, 4.69) is 23.8 Å². The summed E-state index contributed by atoms with van der Waals surface area (Å²) >= 11 is 6.44. The second kappa shape index (κ2) is 6.18. The van der Waals surface area contributed by atoms with Crippen LogP contribution in [0.2, 0.25) is 5.02 Å². The average molecular weight is 293 g/mol. The minimum atomic E-state index is 0.726. The van der Waals surface area contributed by atoms with Crippen LogP contribution in [0.5, 0.6) is 0 Å². The zero-order valence-electron chi connectivity index (χ0n) is 12.2. The molecule has 5 heteroatoms. The lowest BCUT2D eigenvalue weighted by atomic mass is 10.2. The molecule has 4 nitrogen and oxygen atoms in total. The number of nitrogen functional groups attached to an aromatic ring is 1. The topological polar surface area (TPSA) is 47.1 Å². The lowest BCUT2D eigenvalue weighted by Gasteiger charge is -2.20. The smallest absolute Gasteiger partial charge is 0.0868 e. The van der Waals surface area contributed by atoms with Gasteiger partial charge in [-0.1, -0.05) is 18.5 Å². The molecule has 0 radical (unpaired) electrons. The van der Waals surface area contributed by atoms with Gasteiger partial charge in [-0.15, -0.1) is 0 Å². The number of aryl methyl sites for hydroxylation is 2. The first-order valence-corrected chi connectivity index (χ1v) is 7.25. The van der Waals surface area contributed by atoms with Gasteiger partial charge in [-0.2, -0.15) is 5.10 Å². The summed E-state index contributed by atoms with van der Waals surface area (Å²) in [4.78, 5) is 2.15. The molecule has 20 heavy (non-hydrogen) atoms. The van der Waals surface area contributed by atoms with E-state index in [9.17, 15) is 0 Å². The standard InChI is InChI=1S/C15H21ClN4/c1-4-13-15(16)14(20(5-2)18-13)10-19(3)12-8-6-11(17)7-9-12/h6-9H,4-5,10,17H2,1-3H3. The molecule has 0 spiro atoms. The fourth-order valence-electron chi connectivity index (χ4n) is 2.21. The molecule has 2 N–H and O–H groups in total. The third-order valence-corrected chi connectivity index (χ3v) is 3.85. The number of aromatic nitrogens is 2. The minimum Gasteiger partial charge on any atom is -0.399 e. The first-order valence-electron chi connectivity index (χ1n) is 6.87. The van der Waals surface area contributed by atoms with Crippen LogP contribution in [0.4, 0.5) is 11.4 Å². The Morgan fingerprint density at radius 1 is 1.25 bits per heavy atom. The third-order valence-electron chi connectivity index (χ3n) is 3.41. The Labute approximate surface area is 125 Å². The first-order chi connectivity index (χ1) is 9.56. The Balaban J connectivity index is 2.25. The van der Waals surface area contributed by atoms with Gasteiger partial charge in [0.2, 0.25) is 0 Å². The van der Waals surface area contributed by atoms with Gasteiger partial charge in [-0.3, -0.25) is 4.68 Å². The molecule has 0 unspecified atom stereocenters. The molecule has 0 saturated heterocycles. The summed E-state index contributed by atoms with van der Waals surface area (Å²) in [5, 5.41) is 5.33. The molecule has 0 aliphatic carbocycles. The van der Waals surface area contributed by atoms with E-state index < -0.39 is 0 Å². The summed E-state index contributed by atoms with van der Waals surface area (Å²) in [7, 11) is 2.04. The highest BCUT2D eigenvalue weighted by atomic mass is 35.5. The molecule has 0 bridgehead atoms. The molecule has 1 heterocycles. The summed E-state index contributed by atoms with van der Waals surface area (Å²) in [6, 6.07) is 7.83. The number of anilines is 2. The number of benzene rings is 1. The van der Waals surface area contributed by atoms with Crippen LogP contribution in [0, 0.1) is 0 Å². The average Bonchev–Trinajstić information content (AvgIpc) is 2.76. The molecular weight excluding hydrogens is 272 g/mol. The number of nitrogens with zero attached hydrogens (tertiary/aromatic N) is 3. The molecule has 2 rings (SSSR count). The van der Waals surface area contributed by atoms with E-state index in [0.29, 0.717) is 0 Å². The van der Waals surface area contributed by atoms with E-state index >= 15 is 0 Å². The predicted molar refractivity (Wildman–Crippen MR) is 85.3 cm³/mol. The summed E-state index contributed by atoms with van der Waals surface area (Å²) in [6.07, 6.45) is 0.852. The molecule has 0 atom stereocenters. The zero-order valence-corrected chi connectivity index (χ0v) is 13.0. The Morgan fingerprint density at radius 2 is 1.90 bits per heavy atom. The highest BCUT2D eigenvalue weighted by Gasteiger charge is 2.16. The van der Waals surface area contributed by atoms with E-state index in [0.717, 1.165) is 47.3 Å². The molecule has 0 aliphatic rings. The largest absolute Gasteiger partial charge is 0.399 e. The number of hydrogen-bond donors (Lipinski definition) is 1. The molecule has 2 aromatic rings. The molecule has 1 aromatic heterocycles. The van der Waals surface area contributed by atoms with Crippen molar-refractivity contribution in [2.45, 2.75) is 33.4 Å². The Hall–Kier alpha value is -1.68. The summed E-state index contributed by atoms with van der Waals surface area (Å²) < 4.78 is 1.98. The van der Waals surface area contributed by atoms with E-state index in [4.69, 9.17) is 17.3 Å². The molecule has 0 amide bonds. The van der Waals surface area contributed by atoms with Gasteiger partial charge >= 0.3 is 0 Å². The quantitative estimate of drug-likeness (QED) is 0.860. The molecular formula is C15H21ClN4. The van der Waals surface area contributed by atoms with Crippen molar-refractivity contribution in [3.63, 3.8) is 0 Å². The van der Waals surface area contributed by atoms with Gasteiger partial charge in [0, 0.05) is 25.0 Å². The van der Waals surface area contributed by atoms with E-state index in [1.165, 1.54) is 0 Å². The maximum atomic E-state index is 6.44. The predicted octanol–water partition coefficient (Wildman–Crippen LogP) is 3.34. The minimum absolute atomic E-state index is 0.726. The second-order valence-electron chi connectivity index (χ2n) is 4.82. The molecule has 0 aliphatic heterocycles. The zero-order chi connectivity index (χ0) is 14.7. The third kappa shape index (κ3) is 2.90. The summed E-state index contributed by atoms with van der Waals surface area (Å²) in [5.74, 6) is 0. The van der Waals surface area contributed by atoms with Crippen molar-refractivity contribution in [3.05, 3.63) is 40.7 Å². The van der Waals surface area contributed by atoms with Gasteiger partial charge in [-0.05, 0) is 37.6 Å². The van der Waals surface area contributed by atoms with Crippen LogP contribution >= 0.6 is 11.6 Å². The van der Waals surface area contributed by atoms with Crippen LogP contribution in [0.15, 0.2) is 24.3 Å². The number of rotatable bonds is 5. The van der Waals surface area contributed by atoms with Gasteiger partial charge in [0.1, 0.15) is 0 Å². The van der Waals surface area contributed by atoms with Crippen molar-refractivity contribution in [1.29, 1.82) is 0 Å². The van der Waals surface area contributed by atoms with Crippen LogP contribution in [-0.4, -0.2) is 16.8 Å². The van der Waals surface area contributed by atoms with Crippen molar-refractivity contribution in [2.75, 3.05) is 17.7 Å². The van der Waals surface area contributed by atoms with Crippen LogP contribution in [0.1, 0.15) is 25.2 Å². The monoisotopic (exact) mass is 292 g/mol. The van der Waals surface area contributed by atoms with Crippen LogP contribution in [0.3, 0.4) is 0 Å². The highest BCUT2D eigenvalue weighted by Crippen LogP contribution is 2.25. The maximum Gasteiger partial charge on any atom is 0.0868 e. The normalized spacial score (nSPS) is 10.8. The fourth-order valence-corrected chi connectivity index (χ4v) is 2.54. The summed E-state index contributed by atoms with van der Waals surface area (Å²) in [5.41, 5.74) is 9.62. The van der Waals surface area contributed by atoms with E-state index in [-0.39, 0.29) is 0 Å². The van der Waals surface area contributed by atoms with Crippen molar-refractivity contribution in [3.8, 4) is 0 Å². The molecule has 1 aromatic carbocycles. The van der Waals surface area contributed by atoms with Crippen LogP contribution in [0.25, 0.3) is 0 Å². The first kappa shape index (κ1) is 14.7. The lowest BCUT2D eigenvalue weighted by molar-refractivity contribution is 0.610. The highest BCUT2D eigenvalue weighted by molar-refractivity contribution is 6.31. The summed E-state index contributed by atoms with van der Waals surface area (Å²) in [6.45, 7) is 5.70. The Kier molecular flexibility index (Phi) is 4.55.